The lowest BCUT2D eigenvalue weighted by Crippen LogP contribution is -2.47. The van der Waals surface area contributed by atoms with Crippen LogP contribution in [0.4, 0.5) is 5.82 Å². The minimum absolute atomic E-state index is 0.615. The number of aromatic nitrogens is 1. The maximum Gasteiger partial charge on any atom is 0.309 e. The molecule has 0 atom stereocenters. The van der Waals surface area contributed by atoms with Crippen LogP contribution < -0.4 is 4.90 Å². The number of carbonyl (C=O) groups is 1. The molecule has 1 aromatic rings. The summed E-state index contributed by atoms with van der Waals surface area (Å²) in [4.78, 5) is 20.2. The lowest BCUT2D eigenvalue weighted by atomic mass is 9.88. The molecular formula is C16H25N3O2. The van der Waals surface area contributed by atoms with E-state index in [0.29, 0.717) is 0 Å². The first-order chi connectivity index (χ1) is 9.99. The van der Waals surface area contributed by atoms with Crippen LogP contribution in [0.1, 0.15) is 26.7 Å². The van der Waals surface area contributed by atoms with Gasteiger partial charge in [-0.1, -0.05) is 6.07 Å². The van der Waals surface area contributed by atoms with Gasteiger partial charge in [0, 0.05) is 32.4 Å². The Morgan fingerprint density at radius 3 is 2.57 bits per heavy atom. The number of rotatable bonds is 6. The second kappa shape index (κ2) is 6.89. The predicted molar refractivity (Wildman–Crippen MR) is 83.5 cm³/mol. The smallest absolute Gasteiger partial charge is 0.309 e. The molecule has 1 aliphatic rings. The summed E-state index contributed by atoms with van der Waals surface area (Å²) in [5, 5.41) is 9.11. The van der Waals surface area contributed by atoms with Gasteiger partial charge in [-0.2, -0.15) is 0 Å². The topological polar surface area (TPSA) is 56.7 Å². The molecule has 0 amide bonds. The molecule has 1 aliphatic heterocycles. The van der Waals surface area contributed by atoms with Gasteiger partial charge in [0.05, 0.1) is 5.41 Å². The molecule has 116 valence electrons. The SMILES string of the molecule is CC(C)(CCCN1CCN(c2ccccn2)CC1)C(=O)O. The Balaban J connectivity index is 1.71. The van der Waals surface area contributed by atoms with Crippen molar-refractivity contribution in [3.63, 3.8) is 0 Å². The van der Waals surface area contributed by atoms with Crippen molar-refractivity contribution in [2.45, 2.75) is 26.7 Å². The zero-order valence-corrected chi connectivity index (χ0v) is 13.0. The zero-order valence-electron chi connectivity index (χ0n) is 13.0. The van der Waals surface area contributed by atoms with Crippen LogP contribution in [-0.4, -0.2) is 53.7 Å². The zero-order chi connectivity index (χ0) is 15.3. The van der Waals surface area contributed by atoms with Crippen LogP contribution in [0, 0.1) is 5.41 Å². The summed E-state index contributed by atoms with van der Waals surface area (Å²) >= 11 is 0. The highest BCUT2D eigenvalue weighted by atomic mass is 16.4. The summed E-state index contributed by atoms with van der Waals surface area (Å²) in [5.74, 6) is 0.339. The van der Waals surface area contributed by atoms with Crippen molar-refractivity contribution in [3.05, 3.63) is 24.4 Å². The molecule has 0 saturated carbocycles. The molecule has 5 nitrogen and oxygen atoms in total. The molecule has 1 fully saturated rings. The minimum Gasteiger partial charge on any atom is -0.481 e. The first-order valence-corrected chi connectivity index (χ1v) is 7.61. The van der Waals surface area contributed by atoms with Crippen LogP contribution in [0.3, 0.4) is 0 Å². The van der Waals surface area contributed by atoms with Gasteiger partial charge in [0.2, 0.25) is 0 Å². The Morgan fingerprint density at radius 1 is 1.29 bits per heavy atom. The molecule has 0 radical (unpaired) electrons. The van der Waals surface area contributed by atoms with E-state index in [9.17, 15) is 4.79 Å². The molecule has 2 rings (SSSR count). The summed E-state index contributed by atoms with van der Waals surface area (Å²) in [5.41, 5.74) is -0.615. The van der Waals surface area contributed by atoms with Gasteiger partial charge in [-0.05, 0) is 45.4 Å². The fourth-order valence-electron chi connectivity index (χ4n) is 2.59. The van der Waals surface area contributed by atoms with Crippen molar-refractivity contribution >= 4 is 11.8 Å². The minimum atomic E-state index is -0.706. The fraction of sp³-hybridized carbons (Fsp3) is 0.625. The number of piperazine rings is 1. The monoisotopic (exact) mass is 291 g/mol. The average Bonchev–Trinajstić information content (AvgIpc) is 2.48. The van der Waals surface area contributed by atoms with Gasteiger partial charge >= 0.3 is 5.97 Å². The van der Waals surface area contributed by atoms with Gasteiger partial charge in [-0.3, -0.25) is 9.69 Å². The predicted octanol–water partition coefficient (Wildman–Crippen LogP) is 2.09. The average molecular weight is 291 g/mol. The maximum atomic E-state index is 11.1. The number of hydrogen-bond donors (Lipinski definition) is 1. The number of carboxylic acid groups (broad SMARTS) is 1. The molecule has 0 spiro atoms. The highest BCUT2D eigenvalue weighted by molar-refractivity contribution is 5.73. The lowest BCUT2D eigenvalue weighted by molar-refractivity contribution is -0.147. The van der Waals surface area contributed by atoms with Crippen LogP contribution in [0.5, 0.6) is 0 Å². The summed E-state index contributed by atoms with van der Waals surface area (Å²) in [6, 6.07) is 6.00. The molecule has 0 aromatic carbocycles. The summed E-state index contributed by atoms with van der Waals surface area (Å²) in [6.07, 6.45) is 3.49. The number of aliphatic carboxylic acids is 1. The lowest BCUT2D eigenvalue weighted by Gasteiger charge is -2.35. The van der Waals surface area contributed by atoms with Crippen molar-refractivity contribution in [1.82, 2.24) is 9.88 Å². The molecule has 2 heterocycles. The summed E-state index contributed by atoms with van der Waals surface area (Å²) in [6.45, 7) is 8.59. The molecule has 21 heavy (non-hydrogen) atoms. The van der Waals surface area contributed by atoms with Crippen molar-refractivity contribution in [2.75, 3.05) is 37.6 Å². The van der Waals surface area contributed by atoms with Crippen LogP contribution in [0.2, 0.25) is 0 Å². The van der Waals surface area contributed by atoms with Crippen LogP contribution >= 0.6 is 0 Å². The highest BCUT2D eigenvalue weighted by Gasteiger charge is 2.27. The highest BCUT2D eigenvalue weighted by Crippen LogP contribution is 2.22. The first-order valence-electron chi connectivity index (χ1n) is 7.61. The van der Waals surface area contributed by atoms with Crippen LogP contribution in [-0.2, 0) is 4.79 Å². The van der Waals surface area contributed by atoms with E-state index in [2.05, 4.69) is 14.8 Å². The van der Waals surface area contributed by atoms with E-state index in [1.54, 1.807) is 13.8 Å². The number of pyridine rings is 1. The van der Waals surface area contributed by atoms with E-state index < -0.39 is 11.4 Å². The van der Waals surface area contributed by atoms with Gasteiger partial charge in [-0.15, -0.1) is 0 Å². The molecular weight excluding hydrogens is 266 g/mol. The molecule has 0 bridgehead atoms. The Hall–Kier alpha value is -1.62. The summed E-state index contributed by atoms with van der Waals surface area (Å²) in [7, 11) is 0. The van der Waals surface area contributed by atoms with E-state index in [4.69, 9.17) is 5.11 Å². The largest absolute Gasteiger partial charge is 0.481 e. The Kier molecular flexibility index (Phi) is 5.17. The van der Waals surface area contributed by atoms with Crippen molar-refractivity contribution < 1.29 is 9.90 Å². The van der Waals surface area contributed by atoms with Crippen molar-refractivity contribution in [2.24, 2.45) is 5.41 Å². The molecule has 0 aliphatic carbocycles. The Labute approximate surface area is 126 Å². The van der Waals surface area contributed by atoms with E-state index >= 15 is 0 Å². The molecule has 1 saturated heterocycles. The molecule has 1 aromatic heterocycles. The van der Waals surface area contributed by atoms with Gasteiger partial charge in [0.25, 0.3) is 0 Å². The second-order valence-electron chi connectivity index (χ2n) is 6.31. The van der Waals surface area contributed by atoms with Gasteiger partial charge in [-0.25, -0.2) is 4.98 Å². The van der Waals surface area contributed by atoms with Crippen molar-refractivity contribution in [1.29, 1.82) is 0 Å². The maximum absolute atomic E-state index is 11.1. The van der Waals surface area contributed by atoms with Gasteiger partial charge < -0.3 is 10.0 Å². The number of hydrogen-bond acceptors (Lipinski definition) is 4. The van der Waals surface area contributed by atoms with E-state index in [0.717, 1.165) is 51.4 Å². The van der Waals surface area contributed by atoms with E-state index in [1.807, 2.05) is 24.4 Å². The number of anilines is 1. The third kappa shape index (κ3) is 4.43. The molecule has 1 N–H and O–H groups in total. The Morgan fingerprint density at radius 2 is 2.00 bits per heavy atom. The second-order valence-corrected chi connectivity index (χ2v) is 6.31. The Bertz CT molecular complexity index is 454. The normalized spacial score (nSPS) is 17.0. The third-order valence-corrected chi connectivity index (χ3v) is 4.20. The fourth-order valence-corrected chi connectivity index (χ4v) is 2.59. The summed E-state index contributed by atoms with van der Waals surface area (Å²) < 4.78 is 0. The quantitative estimate of drug-likeness (QED) is 0.870. The van der Waals surface area contributed by atoms with Gasteiger partial charge in [0.1, 0.15) is 5.82 Å². The third-order valence-electron chi connectivity index (χ3n) is 4.20. The first kappa shape index (κ1) is 15.8. The standard InChI is InChI=1S/C16H25N3O2/c1-16(2,15(20)21)7-5-9-18-10-12-19(13-11-18)14-6-3-4-8-17-14/h3-4,6,8H,5,7,9-13H2,1-2H3,(H,20,21). The van der Waals surface area contributed by atoms with E-state index in [1.165, 1.54) is 0 Å². The van der Waals surface area contributed by atoms with Crippen LogP contribution in [0.25, 0.3) is 0 Å². The number of carboxylic acids is 1. The molecule has 0 unspecified atom stereocenters. The van der Waals surface area contributed by atoms with E-state index in [-0.39, 0.29) is 0 Å². The molecule has 5 heteroatoms. The van der Waals surface area contributed by atoms with Gasteiger partial charge in [0.15, 0.2) is 0 Å². The van der Waals surface area contributed by atoms with Crippen LogP contribution in [0.15, 0.2) is 24.4 Å². The van der Waals surface area contributed by atoms with Crippen molar-refractivity contribution in [3.8, 4) is 0 Å². The number of nitrogens with zero attached hydrogens (tertiary/aromatic N) is 3.